The molecular weight excluding hydrogens is 152 g/mol. The van der Waals surface area contributed by atoms with Gasteiger partial charge in [0.1, 0.15) is 0 Å². The van der Waals surface area contributed by atoms with Crippen molar-refractivity contribution in [3.8, 4) is 0 Å². The maximum atomic E-state index is 5.47. The van der Waals surface area contributed by atoms with Gasteiger partial charge < -0.3 is 9.47 Å². The minimum absolute atomic E-state index is 0.338. The lowest BCUT2D eigenvalue weighted by Crippen LogP contribution is -2.45. The lowest BCUT2D eigenvalue weighted by atomic mass is 9.84. The van der Waals surface area contributed by atoms with Gasteiger partial charge in [-0.15, -0.1) is 0 Å². The molecule has 2 nitrogen and oxygen atoms in total. The molecule has 0 aliphatic carbocycles. The molecule has 0 bridgehead atoms. The second-order valence-electron chi connectivity index (χ2n) is 3.61. The molecule has 1 radical (unpaired) electrons. The Kier molecular flexibility index (Phi) is 4.02. The van der Waals surface area contributed by atoms with Crippen molar-refractivity contribution in [2.75, 3.05) is 19.8 Å². The molecule has 1 fully saturated rings. The van der Waals surface area contributed by atoms with E-state index < -0.39 is 0 Å². The van der Waals surface area contributed by atoms with Gasteiger partial charge in [0.15, 0.2) is 0 Å². The third-order valence-electron chi connectivity index (χ3n) is 2.48. The van der Waals surface area contributed by atoms with Gasteiger partial charge in [0.2, 0.25) is 0 Å². The summed E-state index contributed by atoms with van der Waals surface area (Å²) in [6.07, 6.45) is 3.38. The molecule has 1 saturated heterocycles. The van der Waals surface area contributed by atoms with Crippen LogP contribution in [0.15, 0.2) is 0 Å². The van der Waals surface area contributed by atoms with E-state index >= 15 is 0 Å². The molecule has 0 aromatic carbocycles. The van der Waals surface area contributed by atoms with Crippen LogP contribution in [0.25, 0.3) is 0 Å². The Balaban J connectivity index is 2.04. The first-order valence-electron chi connectivity index (χ1n) is 4.84. The normalized spacial score (nSPS) is 20.5. The predicted octanol–water partition coefficient (Wildman–Crippen LogP) is 2.39. The van der Waals surface area contributed by atoms with Gasteiger partial charge in [-0.3, -0.25) is 0 Å². The summed E-state index contributed by atoms with van der Waals surface area (Å²) in [7, 11) is 0. The lowest BCUT2D eigenvalue weighted by Gasteiger charge is -2.40. The summed E-state index contributed by atoms with van der Waals surface area (Å²) in [5.74, 6) is 0. The van der Waals surface area contributed by atoms with Crippen molar-refractivity contribution in [3.05, 3.63) is 6.61 Å². The van der Waals surface area contributed by atoms with Crippen molar-refractivity contribution >= 4 is 0 Å². The van der Waals surface area contributed by atoms with E-state index in [0.717, 1.165) is 39.1 Å². The summed E-state index contributed by atoms with van der Waals surface area (Å²) in [4.78, 5) is 0. The molecule has 0 atom stereocenters. The molecule has 12 heavy (non-hydrogen) atoms. The molecule has 0 saturated carbocycles. The van der Waals surface area contributed by atoms with Gasteiger partial charge in [0, 0.05) is 5.41 Å². The van der Waals surface area contributed by atoms with Gasteiger partial charge in [-0.05, 0) is 12.8 Å². The highest BCUT2D eigenvalue weighted by molar-refractivity contribution is 4.84. The third-order valence-corrected chi connectivity index (χ3v) is 2.48. The first-order chi connectivity index (χ1) is 5.83. The summed E-state index contributed by atoms with van der Waals surface area (Å²) in [6.45, 7) is 8.87. The van der Waals surface area contributed by atoms with E-state index in [-0.39, 0.29) is 0 Å². The first kappa shape index (κ1) is 10.0. The molecule has 0 unspecified atom stereocenters. The van der Waals surface area contributed by atoms with Gasteiger partial charge in [-0.2, -0.15) is 0 Å². The maximum absolute atomic E-state index is 5.47. The SMILES string of the molecule is CCC[CH]OCC1(CC)COC1. The fraction of sp³-hybridized carbons (Fsp3) is 0.900. The minimum Gasteiger partial charge on any atom is -0.380 e. The molecule has 0 spiro atoms. The summed E-state index contributed by atoms with van der Waals surface area (Å²) in [6, 6.07) is 0. The molecule has 0 amide bonds. The van der Waals surface area contributed by atoms with E-state index in [2.05, 4.69) is 13.8 Å². The van der Waals surface area contributed by atoms with Gasteiger partial charge in [-0.25, -0.2) is 0 Å². The Hall–Kier alpha value is -0.0800. The van der Waals surface area contributed by atoms with E-state index in [1.165, 1.54) is 0 Å². The molecule has 1 aliphatic heterocycles. The molecule has 1 heterocycles. The number of unbranched alkanes of at least 4 members (excludes halogenated alkanes) is 1. The zero-order chi connectivity index (χ0) is 8.86. The average molecular weight is 171 g/mol. The zero-order valence-electron chi connectivity index (χ0n) is 8.14. The van der Waals surface area contributed by atoms with Gasteiger partial charge in [-0.1, -0.05) is 20.3 Å². The molecule has 1 aliphatic rings. The van der Waals surface area contributed by atoms with Crippen LogP contribution in [-0.2, 0) is 9.47 Å². The molecule has 0 aromatic heterocycles. The molecule has 0 aromatic rings. The zero-order valence-corrected chi connectivity index (χ0v) is 8.14. The van der Waals surface area contributed by atoms with Crippen LogP contribution in [0.3, 0.4) is 0 Å². The quantitative estimate of drug-likeness (QED) is 0.571. The van der Waals surface area contributed by atoms with E-state index in [4.69, 9.17) is 9.47 Å². The van der Waals surface area contributed by atoms with Crippen molar-refractivity contribution in [2.45, 2.75) is 33.1 Å². The van der Waals surface area contributed by atoms with Crippen molar-refractivity contribution in [3.63, 3.8) is 0 Å². The van der Waals surface area contributed by atoms with Crippen LogP contribution >= 0.6 is 0 Å². The monoisotopic (exact) mass is 171 g/mol. The topological polar surface area (TPSA) is 18.5 Å². The van der Waals surface area contributed by atoms with Crippen LogP contribution in [-0.4, -0.2) is 19.8 Å². The fourth-order valence-corrected chi connectivity index (χ4v) is 1.22. The number of rotatable bonds is 6. The highest BCUT2D eigenvalue weighted by Gasteiger charge is 2.36. The van der Waals surface area contributed by atoms with E-state index in [1.54, 1.807) is 0 Å². The van der Waals surface area contributed by atoms with E-state index in [1.807, 2.05) is 6.61 Å². The Morgan fingerprint density at radius 3 is 2.58 bits per heavy atom. The van der Waals surface area contributed by atoms with Crippen LogP contribution < -0.4 is 0 Å². The average Bonchev–Trinajstić information content (AvgIpc) is 2.02. The van der Waals surface area contributed by atoms with Crippen molar-refractivity contribution in [1.29, 1.82) is 0 Å². The maximum Gasteiger partial charge on any atom is 0.0836 e. The standard InChI is InChI=1S/C10H19O2/c1-3-5-6-11-7-10(4-2)8-12-9-10/h6H,3-5,7-9H2,1-2H3. The summed E-state index contributed by atoms with van der Waals surface area (Å²) < 4.78 is 10.7. The predicted molar refractivity (Wildman–Crippen MR) is 48.7 cm³/mol. The minimum atomic E-state index is 0.338. The van der Waals surface area contributed by atoms with Crippen LogP contribution in [0.2, 0.25) is 0 Å². The van der Waals surface area contributed by atoms with Crippen molar-refractivity contribution in [1.82, 2.24) is 0 Å². The van der Waals surface area contributed by atoms with Gasteiger partial charge in [0.05, 0.1) is 26.4 Å². The molecular formula is C10H19O2. The van der Waals surface area contributed by atoms with Crippen molar-refractivity contribution in [2.24, 2.45) is 5.41 Å². The largest absolute Gasteiger partial charge is 0.380 e. The van der Waals surface area contributed by atoms with Crippen molar-refractivity contribution < 1.29 is 9.47 Å². The Morgan fingerprint density at radius 1 is 1.42 bits per heavy atom. The lowest BCUT2D eigenvalue weighted by molar-refractivity contribution is -0.144. The Labute approximate surface area is 75.2 Å². The second-order valence-corrected chi connectivity index (χ2v) is 3.61. The summed E-state index contributed by atoms with van der Waals surface area (Å²) >= 11 is 0. The first-order valence-corrected chi connectivity index (χ1v) is 4.84. The second kappa shape index (κ2) is 4.83. The number of hydrogen-bond acceptors (Lipinski definition) is 2. The number of hydrogen-bond donors (Lipinski definition) is 0. The van der Waals surface area contributed by atoms with Crippen LogP contribution in [0.5, 0.6) is 0 Å². The Bertz CT molecular complexity index is 113. The third kappa shape index (κ3) is 2.46. The summed E-state index contributed by atoms with van der Waals surface area (Å²) in [5.41, 5.74) is 0.338. The molecule has 0 N–H and O–H groups in total. The fourth-order valence-electron chi connectivity index (χ4n) is 1.22. The summed E-state index contributed by atoms with van der Waals surface area (Å²) in [5, 5.41) is 0. The van der Waals surface area contributed by atoms with E-state index in [9.17, 15) is 0 Å². The highest BCUT2D eigenvalue weighted by Crippen LogP contribution is 2.31. The smallest absolute Gasteiger partial charge is 0.0836 e. The van der Waals surface area contributed by atoms with Crippen LogP contribution in [0.4, 0.5) is 0 Å². The van der Waals surface area contributed by atoms with Crippen LogP contribution in [0.1, 0.15) is 33.1 Å². The molecule has 71 valence electrons. The Morgan fingerprint density at radius 2 is 2.17 bits per heavy atom. The van der Waals surface area contributed by atoms with Crippen LogP contribution in [0, 0.1) is 12.0 Å². The van der Waals surface area contributed by atoms with Gasteiger partial charge >= 0.3 is 0 Å². The highest BCUT2D eigenvalue weighted by atomic mass is 16.5. The van der Waals surface area contributed by atoms with Gasteiger partial charge in [0.25, 0.3) is 0 Å². The molecule has 1 rings (SSSR count). The van der Waals surface area contributed by atoms with E-state index in [0.29, 0.717) is 5.41 Å². The number of ether oxygens (including phenoxy) is 2. The molecule has 2 heteroatoms.